The number of unbranched alkanes of at least 4 members (excludes halogenated alkanes) is 1. The molecule has 0 bridgehead atoms. The van der Waals surface area contributed by atoms with Crippen LogP contribution >= 0.6 is 0 Å². The third kappa shape index (κ3) is 3.34. The Labute approximate surface area is 154 Å². The Bertz CT molecular complexity index is 971. The third-order valence-corrected chi connectivity index (χ3v) is 5.42. The van der Waals surface area contributed by atoms with Gasteiger partial charge in [0.05, 0.1) is 17.6 Å². The minimum atomic E-state index is 0.0770. The van der Waals surface area contributed by atoms with Crippen LogP contribution in [-0.2, 0) is 7.05 Å². The van der Waals surface area contributed by atoms with Crippen molar-refractivity contribution in [2.24, 2.45) is 7.05 Å². The number of rotatable bonds is 6. The van der Waals surface area contributed by atoms with Gasteiger partial charge in [0.2, 0.25) is 0 Å². The summed E-state index contributed by atoms with van der Waals surface area (Å²) in [5, 5.41) is 1.48. The molecule has 0 aliphatic carbocycles. The van der Waals surface area contributed by atoms with Crippen molar-refractivity contribution in [2.75, 3.05) is 26.2 Å². The van der Waals surface area contributed by atoms with E-state index in [0.29, 0.717) is 6.61 Å². The standard InChI is InChI=1S/C22H26N2O2/c1-23-20-9-3-2-8-18(20)22(25)19-16-17(10-11-21(19)23)26-15-7-6-14-24-12-4-5-13-24/h2-3,8-11,16H,4-7,12-15H2,1H3. The van der Waals surface area contributed by atoms with E-state index in [0.717, 1.165) is 34.0 Å². The highest BCUT2D eigenvalue weighted by atomic mass is 16.5. The number of aromatic nitrogens is 1. The van der Waals surface area contributed by atoms with Crippen LogP contribution in [0.5, 0.6) is 5.75 Å². The highest BCUT2D eigenvalue weighted by Crippen LogP contribution is 2.22. The van der Waals surface area contributed by atoms with Gasteiger partial charge in [-0.15, -0.1) is 0 Å². The first-order chi connectivity index (χ1) is 12.7. The van der Waals surface area contributed by atoms with Gasteiger partial charge in [-0.2, -0.15) is 0 Å². The van der Waals surface area contributed by atoms with Gasteiger partial charge < -0.3 is 14.2 Å². The number of pyridine rings is 1. The van der Waals surface area contributed by atoms with Crippen LogP contribution in [0.15, 0.2) is 47.3 Å². The van der Waals surface area contributed by atoms with E-state index in [2.05, 4.69) is 9.47 Å². The molecule has 2 heterocycles. The second kappa shape index (κ2) is 7.50. The predicted octanol–water partition coefficient (Wildman–Crippen LogP) is 3.95. The van der Waals surface area contributed by atoms with Gasteiger partial charge in [-0.25, -0.2) is 0 Å². The second-order valence-electron chi connectivity index (χ2n) is 7.19. The molecule has 2 aromatic carbocycles. The van der Waals surface area contributed by atoms with Crippen LogP contribution in [0.1, 0.15) is 25.7 Å². The summed E-state index contributed by atoms with van der Waals surface area (Å²) < 4.78 is 7.99. The van der Waals surface area contributed by atoms with Crippen LogP contribution in [0.2, 0.25) is 0 Å². The number of benzene rings is 2. The van der Waals surface area contributed by atoms with Gasteiger partial charge in [-0.3, -0.25) is 4.79 Å². The van der Waals surface area contributed by atoms with Crippen molar-refractivity contribution in [3.05, 3.63) is 52.7 Å². The first-order valence-corrected chi connectivity index (χ1v) is 9.61. The van der Waals surface area contributed by atoms with E-state index in [1.54, 1.807) is 0 Å². The first kappa shape index (κ1) is 17.1. The van der Waals surface area contributed by atoms with Crippen LogP contribution in [0.3, 0.4) is 0 Å². The molecule has 1 saturated heterocycles. The minimum Gasteiger partial charge on any atom is -0.494 e. The number of hydrogen-bond acceptors (Lipinski definition) is 3. The van der Waals surface area contributed by atoms with Crippen LogP contribution in [0.4, 0.5) is 0 Å². The summed E-state index contributed by atoms with van der Waals surface area (Å²) >= 11 is 0. The third-order valence-electron chi connectivity index (χ3n) is 5.42. The van der Waals surface area contributed by atoms with Crippen molar-refractivity contribution in [3.8, 4) is 5.75 Å². The fraction of sp³-hybridized carbons (Fsp3) is 0.409. The van der Waals surface area contributed by atoms with E-state index in [-0.39, 0.29) is 5.43 Å². The molecule has 1 aliphatic rings. The molecule has 0 spiro atoms. The molecular formula is C22H26N2O2. The molecule has 4 nitrogen and oxygen atoms in total. The summed E-state index contributed by atoms with van der Waals surface area (Å²) in [4.78, 5) is 15.4. The summed E-state index contributed by atoms with van der Waals surface area (Å²) in [7, 11) is 2.00. The Balaban J connectivity index is 1.47. The van der Waals surface area contributed by atoms with Crippen molar-refractivity contribution in [1.82, 2.24) is 9.47 Å². The molecule has 0 unspecified atom stereocenters. The van der Waals surface area contributed by atoms with Gasteiger partial charge >= 0.3 is 0 Å². The van der Waals surface area contributed by atoms with E-state index in [1.807, 2.05) is 49.5 Å². The molecule has 0 amide bonds. The number of likely N-dealkylation sites (tertiary alicyclic amines) is 1. The second-order valence-corrected chi connectivity index (χ2v) is 7.19. The largest absolute Gasteiger partial charge is 0.494 e. The maximum Gasteiger partial charge on any atom is 0.197 e. The molecule has 3 aromatic rings. The molecule has 0 atom stereocenters. The van der Waals surface area contributed by atoms with Gasteiger partial charge in [0.15, 0.2) is 5.43 Å². The van der Waals surface area contributed by atoms with Crippen LogP contribution in [0, 0.1) is 0 Å². The number of para-hydroxylation sites is 1. The van der Waals surface area contributed by atoms with Crippen LogP contribution in [-0.4, -0.2) is 35.7 Å². The molecule has 0 radical (unpaired) electrons. The highest BCUT2D eigenvalue weighted by molar-refractivity contribution is 5.93. The Morgan fingerprint density at radius 1 is 0.962 bits per heavy atom. The summed E-state index contributed by atoms with van der Waals surface area (Å²) in [5.74, 6) is 0.783. The van der Waals surface area contributed by atoms with Crippen molar-refractivity contribution in [1.29, 1.82) is 0 Å². The number of fused-ring (bicyclic) bond motifs is 2. The molecule has 0 saturated carbocycles. The van der Waals surface area contributed by atoms with Crippen molar-refractivity contribution in [2.45, 2.75) is 25.7 Å². The molecular weight excluding hydrogens is 324 g/mol. The average molecular weight is 350 g/mol. The quantitative estimate of drug-likeness (QED) is 0.499. The maximum atomic E-state index is 12.8. The monoisotopic (exact) mass is 350 g/mol. The first-order valence-electron chi connectivity index (χ1n) is 9.61. The molecule has 4 rings (SSSR count). The van der Waals surface area contributed by atoms with Gasteiger partial charge in [0.1, 0.15) is 5.75 Å². The van der Waals surface area contributed by atoms with E-state index in [9.17, 15) is 4.79 Å². The van der Waals surface area contributed by atoms with Crippen molar-refractivity contribution < 1.29 is 4.74 Å². The Morgan fingerprint density at radius 3 is 2.58 bits per heavy atom. The molecule has 26 heavy (non-hydrogen) atoms. The molecule has 136 valence electrons. The smallest absolute Gasteiger partial charge is 0.197 e. The number of aryl methyl sites for hydroxylation is 1. The van der Waals surface area contributed by atoms with E-state index in [4.69, 9.17) is 4.74 Å². The summed E-state index contributed by atoms with van der Waals surface area (Å²) in [6, 6.07) is 13.6. The number of ether oxygens (including phenoxy) is 1. The van der Waals surface area contributed by atoms with Gasteiger partial charge in [-0.05, 0) is 75.6 Å². The van der Waals surface area contributed by atoms with Crippen LogP contribution in [0.25, 0.3) is 21.8 Å². The Morgan fingerprint density at radius 2 is 1.73 bits per heavy atom. The average Bonchev–Trinajstić information content (AvgIpc) is 3.19. The van der Waals surface area contributed by atoms with E-state index < -0.39 is 0 Å². The molecule has 1 aromatic heterocycles. The lowest BCUT2D eigenvalue weighted by Gasteiger charge is -2.14. The summed E-state index contributed by atoms with van der Waals surface area (Å²) in [6.45, 7) is 4.38. The zero-order valence-corrected chi connectivity index (χ0v) is 15.4. The molecule has 1 aliphatic heterocycles. The Kier molecular flexibility index (Phi) is 4.93. The van der Waals surface area contributed by atoms with Crippen molar-refractivity contribution in [3.63, 3.8) is 0 Å². The highest BCUT2D eigenvalue weighted by Gasteiger charge is 2.11. The zero-order valence-electron chi connectivity index (χ0n) is 15.4. The lowest BCUT2D eigenvalue weighted by atomic mass is 10.1. The summed E-state index contributed by atoms with van der Waals surface area (Å²) in [5.41, 5.74) is 1.98. The predicted molar refractivity (Wildman–Crippen MR) is 107 cm³/mol. The fourth-order valence-corrected chi connectivity index (χ4v) is 3.95. The van der Waals surface area contributed by atoms with E-state index in [1.165, 1.54) is 38.9 Å². The van der Waals surface area contributed by atoms with Gasteiger partial charge in [0, 0.05) is 17.8 Å². The maximum absolute atomic E-state index is 12.8. The topological polar surface area (TPSA) is 34.5 Å². The number of nitrogens with zero attached hydrogens (tertiary/aromatic N) is 2. The SMILES string of the molecule is Cn1c2ccccc2c(=O)c2cc(OCCCCN3CCCC3)ccc21. The fourth-order valence-electron chi connectivity index (χ4n) is 3.95. The minimum absolute atomic E-state index is 0.0770. The summed E-state index contributed by atoms with van der Waals surface area (Å²) in [6.07, 6.45) is 4.90. The molecule has 0 N–H and O–H groups in total. The van der Waals surface area contributed by atoms with E-state index >= 15 is 0 Å². The Hall–Kier alpha value is -2.33. The van der Waals surface area contributed by atoms with Crippen LogP contribution < -0.4 is 10.2 Å². The van der Waals surface area contributed by atoms with Gasteiger partial charge in [0.25, 0.3) is 0 Å². The number of hydrogen-bond donors (Lipinski definition) is 0. The molecule has 4 heteroatoms. The zero-order chi connectivity index (χ0) is 17.9. The normalized spacial score (nSPS) is 15.1. The van der Waals surface area contributed by atoms with Crippen molar-refractivity contribution >= 4 is 21.8 Å². The molecule has 1 fully saturated rings. The lowest BCUT2D eigenvalue weighted by molar-refractivity contribution is 0.280. The van der Waals surface area contributed by atoms with Gasteiger partial charge in [-0.1, -0.05) is 12.1 Å². The lowest BCUT2D eigenvalue weighted by Crippen LogP contribution is -2.20.